The maximum atomic E-state index is 12.5. The summed E-state index contributed by atoms with van der Waals surface area (Å²) < 4.78 is 41.3. The number of carboxylic acids is 1. The van der Waals surface area contributed by atoms with E-state index in [0.29, 0.717) is 0 Å². The van der Waals surface area contributed by atoms with Gasteiger partial charge in [0, 0.05) is 6.04 Å². The van der Waals surface area contributed by atoms with Crippen molar-refractivity contribution in [2.75, 3.05) is 0 Å². The molecule has 0 spiro atoms. The fourth-order valence-electron chi connectivity index (χ4n) is 2.61. The van der Waals surface area contributed by atoms with Crippen molar-refractivity contribution in [3.63, 3.8) is 0 Å². The zero-order valence-electron chi connectivity index (χ0n) is 15.7. The highest BCUT2D eigenvalue weighted by Crippen LogP contribution is 2.33. The van der Waals surface area contributed by atoms with Crippen LogP contribution < -0.4 is 15.8 Å². The van der Waals surface area contributed by atoms with Crippen LogP contribution in [0, 0.1) is 0 Å². The van der Waals surface area contributed by atoms with Gasteiger partial charge in [-0.2, -0.15) is 0 Å². The van der Waals surface area contributed by atoms with Gasteiger partial charge in [-0.05, 0) is 45.6 Å². The van der Waals surface area contributed by atoms with E-state index in [-0.39, 0.29) is 28.9 Å². The number of ether oxygens (including phenoxy) is 1. The molecule has 0 radical (unpaired) electrons. The van der Waals surface area contributed by atoms with Gasteiger partial charge in [0.15, 0.2) is 6.04 Å². The van der Waals surface area contributed by atoms with E-state index in [1.54, 1.807) is 30.3 Å². The molecule has 2 aromatic rings. The minimum absolute atomic E-state index is 0. The molecule has 7 nitrogen and oxygen atoms in total. The molecule has 0 heterocycles. The van der Waals surface area contributed by atoms with Crippen LogP contribution in [-0.4, -0.2) is 40.6 Å². The van der Waals surface area contributed by atoms with Gasteiger partial charge >= 0.3 is 12.3 Å². The van der Waals surface area contributed by atoms with E-state index in [9.17, 15) is 33.0 Å². The first-order chi connectivity index (χ1) is 14.0. The average molecular weight is 528 g/mol. The molecular formula is C19H19BrClF3N2O5. The number of aliphatic hydroxyl groups is 1. The summed E-state index contributed by atoms with van der Waals surface area (Å²) in [4.78, 5) is 23.9. The van der Waals surface area contributed by atoms with Crippen molar-refractivity contribution in [1.82, 2.24) is 5.32 Å². The summed E-state index contributed by atoms with van der Waals surface area (Å²) in [5, 5.41) is 21.7. The second-order valence-corrected chi connectivity index (χ2v) is 7.17. The second-order valence-electron chi connectivity index (χ2n) is 6.32. The topological polar surface area (TPSA) is 122 Å². The number of carbonyl (C=O) groups excluding carboxylic acids is 1. The minimum Gasteiger partial charge on any atom is -0.479 e. The van der Waals surface area contributed by atoms with Crippen LogP contribution in [0.15, 0.2) is 53.0 Å². The number of hydrogen-bond acceptors (Lipinski definition) is 5. The lowest BCUT2D eigenvalue weighted by Gasteiger charge is -2.22. The van der Waals surface area contributed by atoms with E-state index < -0.39 is 42.2 Å². The molecule has 0 aliphatic rings. The van der Waals surface area contributed by atoms with Crippen LogP contribution in [-0.2, 0) is 16.0 Å². The summed E-state index contributed by atoms with van der Waals surface area (Å²) >= 11 is 2.88. The molecule has 0 saturated heterocycles. The Balaban J connectivity index is 0.00000480. The molecule has 0 aliphatic heterocycles. The monoisotopic (exact) mass is 526 g/mol. The van der Waals surface area contributed by atoms with Crippen molar-refractivity contribution in [2.45, 2.75) is 31.0 Å². The molecule has 3 atom stereocenters. The molecule has 0 bridgehead atoms. The van der Waals surface area contributed by atoms with Gasteiger partial charge in [0.2, 0.25) is 0 Å². The van der Waals surface area contributed by atoms with Crippen LogP contribution in [0.3, 0.4) is 0 Å². The van der Waals surface area contributed by atoms with Crippen molar-refractivity contribution in [3.8, 4) is 5.75 Å². The van der Waals surface area contributed by atoms with Gasteiger partial charge in [0.1, 0.15) is 11.9 Å². The van der Waals surface area contributed by atoms with Crippen LogP contribution in [0.25, 0.3) is 0 Å². The Morgan fingerprint density at radius 3 is 2.32 bits per heavy atom. The summed E-state index contributed by atoms with van der Waals surface area (Å²) in [6.07, 6.45) is -6.59. The van der Waals surface area contributed by atoms with Crippen LogP contribution in [0.5, 0.6) is 5.75 Å². The fourth-order valence-corrected chi connectivity index (χ4v) is 2.94. The molecule has 0 aromatic heterocycles. The smallest absolute Gasteiger partial charge is 0.479 e. The number of aliphatic carboxylic acids is 1. The predicted octanol–water partition coefficient (Wildman–Crippen LogP) is 2.94. The van der Waals surface area contributed by atoms with Gasteiger partial charge in [0.25, 0.3) is 5.91 Å². The second kappa shape index (κ2) is 11.3. The van der Waals surface area contributed by atoms with Crippen molar-refractivity contribution in [1.29, 1.82) is 0 Å². The van der Waals surface area contributed by atoms with Crippen LogP contribution in [0.4, 0.5) is 13.2 Å². The standard InChI is InChI=1S/C19H18BrF3N2O5.ClH/c20-12-7-6-11(9-14(12)30-19(21,22)23)15(18(28)29)25-17(27)16(26)13(24)8-10-4-2-1-3-5-10;/h1-7,9,13,15-16,26H,8,24H2,(H,25,27)(H,28,29);1H/t13-,15+,16+;/m1./s1. The van der Waals surface area contributed by atoms with Gasteiger partial charge < -0.3 is 26.0 Å². The summed E-state index contributed by atoms with van der Waals surface area (Å²) in [7, 11) is 0. The van der Waals surface area contributed by atoms with Crippen LogP contribution in [0.2, 0.25) is 0 Å². The Morgan fingerprint density at radius 1 is 1.16 bits per heavy atom. The quantitative estimate of drug-likeness (QED) is 0.419. The molecular weight excluding hydrogens is 509 g/mol. The number of aliphatic hydroxyl groups excluding tert-OH is 1. The number of carbonyl (C=O) groups is 2. The molecule has 2 rings (SSSR count). The number of nitrogens with two attached hydrogens (primary N) is 1. The number of rotatable bonds is 8. The van der Waals surface area contributed by atoms with E-state index in [4.69, 9.17) is 5.73 Å². The summed E-state index contributed by atoms with van der Waals surface area (Å²) in [5.74, 6) is -3.30. The lowest BCUT2D eigenvalue weighted by Crippen LogP contribution is -2.49. The average Bonchev–Trinajstić information content (AvgIpc) is 2.66. The fraction of sp³-hybridized carbons (Fsp3) is 0.263. The van der Waals surface area contributed by atoms with Gasteiger partial charge in [0.05, 0.1) is 4.47 Å². The maximum Gasteiger partial charge on any atom is 0.573 e. The van der Waals surface area contributed by atoms with Gasteiger partial charge in [-0.15, -0.1) is 25.6 Å². The van der Waals surface area contributed by atoms with Crippen molar-refractivity contribution < 1.29 is 37.7 Å². The molecule has 0 aliphatic carbocycles. The third-order valence-corrected chi connectivity index (χ3v) is 4.69. The Morgan fingerprint density at radius 2 is 1.77 bits per heavy atom. The Labute approximate surface area is 189 Å². The van der Waals surface area contributed by atoms with E-state index in [0.717, 1.165) is 17.7 Å². The third kappa shape index (κ3) is 8.02. The van der Waals surface area contributed by atoms with E-state index in [2.05, 4.69) is 26.0 Å². The Kier molecular flexibility index (Phi) is 9.75. The first-order valence-electron chi connectivity index (χ1n) is 8.54. The molecule has 0 fully saturated rings. The van der Waals surface area contributed by atoms with Crippen molar-refractivity contribution in [3.05, 3.63) is 64.1 Å². The van der Waals surface area contributed by atoms with Crippen molar-refractivity contribution >= 4 is 40.2 Å². The predicted molar refractivity (Wildman–Crippen MR) is 111 cm³/mol. The zero-order chi connectivity index (χ0) is 22.5. The molecule has 2 aromatic carbocycles. The molecule has 31 heavy (non-hydrogen) atoms. The Bertz CT molecular complexity index is 902. The molecule has 170 valence electrons. The molecule has 12 heteroatoms. The summed E-state index contributed by atoms with van der Waals surface area (Å²) in [6.45, 7) is 0. The molecule has 0 unspecified atom stereocenters. The summed E-state index contributed by atoms with van der Waals surface area (Å²) in [5.41, 5.74) is 6.41. The lowest BCUT2D eigenvalue weighted by molar-refractivity contribution is -0.274. The van der Waals surface area contributed by atoms with Gasteiger partial charge in [-0.1, -0.05) is 36.4 Å². The highest BCUT2D eigenvalue weighted by atomic mass is 79.9. The highest BCUT2D eigenvalue weighted by molar-refractivity contribution is 9.10. The Hall–Kier alpha value is -2.34. The molecule has 1 amide bonds. The molecule has 5 N–H and O–H groups in total. The third-order valence-electron chi connectivity index (χ3n) is 4.04. The number of halogens is 5. The van der Waals surface area contributed by atoms with E-state index >= 15 is 0 Å². The van der Waals surface area contributed by atoms with Crippen molar-refractivity contribution in [2.24, 2.45) is 5.73 Å². The highest BCUT2D eigenvalue weighted by Gasteiger charge is 2.33. The first-order valence-corrected chi connectivity index (χ1v) is 9.33. The van der Waals surface area contributed by atoms with Gasteiger partial charge in [-0.25, -0.2) is 4.79 Å². The van der Waals surface area contributed by atoms with Gasteiger partial charge in [-0.3, -0.25) is 4.79 Å². The first kappa shape index (κ1) is 26.7. The minimum atomic E-state index is -5.00. The van der Waals surface area contributed by atoms with E-state index in [1.165, 1.54) is 6.07 Å². The normalized spacial score (nSPS) is 14.0. The lowest BCUT2D eigenvalue weighted by atomic mass is 10.0. The number of nitrogens with one attached hydrogen (secondary N) is 1. The number of amides is 1. The van der Waals surface area contributed by atoms with E-state index in [1.807, 2.05) is 0 Å². The van der Waals surface area contributed by atoms with Crippen LogP contribution >= 0.6 is 28.3 Å². The number of carboxylic acid groups (broad SMARTS) is 1. The SMILES string of the molecule is Cl.N[C@H](Cc1ccccc1)[C@H](O)C(=O)N[C@H](C(=O)O)c1ccc(Br)c(OC(F)(F)F)c1. The van der Waals surface area contributed by atoms with Crippen LogP contribution in [0.1, 0.15) is 17.2 Å². The number of benzene rings is 2. The number of hydrogen-bond donors (Lipinski definition) is 4. The largest absolute Gasteiger partial charge is 0.573 e. The summed E-state index contributed by atoms with van der Waals surface area (Å²) in [6, 6.07) is 9.18. The molecule has 0 saturated carbocycles. The number of alkyl halides is 3. The maximum absolute atomic E-state index is 12.5. The zero-order valence-corrected chi connectivity index (χ0v) is 18.1.